The number of hydrogen-bond donors (Lipinski definition) is 0. The lowest BCUT2D eigenvalue weighted by atomic mass is 9.74. The molecule has 1 spiro atoms. The second-order valence-corrected chi connectivity index (χ2v) is 3.16. The molecule has 3 heteroatoms. The van der Waals surface area contributed by atoms with Crippen LogP contribution in [0.1, 0.15) is 25.7 Å². The first-order valence-electron chi connectivity index (χ1n) is 3.74. The second-order valence-electron chi connectivity index (χ2n) is 3.16. The van der Waals surface area contributed by atoms with Gasteiger partial charge in [0.1, 0.15) is 0 Å². The van der Waals surface area contributed by atoms with Crippen molar-refractivity contribution in [3.05, 3.63) is 5.21 Å². The zero-order valence-corrected chi connectivity index (χ0v) is 5.80. The van der Waals surface area contributed by atoms with Crippen molar-refractivity contribution in [2.75, 3.05) is 6.54 Å². The number of ketones is 1. The lowest BCUT2D eigenvalue weighted by molar-refractivity contribution is -0.137. The van der Waals surface area contributed by atoms with E-state index < -0.39 is 5.54 Å². The summed E-state index contributed by atoms with van der Waals surface area (Å²) in [6.45, 7) is 0.561. The van der Waals surface area contributed by atoms with Gasteiger partial charge in [-0.1, -0.05) is 0 Å². The molecule has 1 unspecified atom stereocenters. The highest BCUT2D eigenvalue weighted by Gasteiger charge is 2.48. The number of hydroxylamine groups is 2. The van der Waals surface area contributed by atoms with E-state index in [1.807, 2.05) is 0 Å². The molecule has 3 nitrogen and oxygen atoms in total. The SMILES string of the molecule is O=C1CCC12CCCN2[O-]. The van der Waals surface area contributed by atoms with Crippen LogP contribution in [-0.2, 0) is 4.79 Å². The monoisotopic (exact) mass is 140 g/mol. The van der Waals surface area contributed by atoms with E-state index in [1.54, 1.807) is 0 Å². The van der Waals surface area contributed by atoms with Crippen LogP contribution in [0.4, 0.5) is 0 Å². The Kier molecular flexibility index (Phi) is 1.13. The van der Waals surface area contributed by atoms with Crippen molar-refractivity contribution in [1.29, 1.82) is 0 Å². The Morgan fingerprint density at radius 2 is 2.30 bits per heavy atom. The van der Waals surface area contributed by atoms with Gasteiger partial charge in [0, 0.05) is 6.42 Å². The molecule has 0 aromatic carbocycles. The second kappa shape index (κ2) is 1.80. The molecule has 2 fully saturated rings. The first-order chi connectivity index (χ1) is 4.76. The van der Waals surface area contributed by atoms with Gasteiger partial charge in [-0.3, -0.25) is 4.79 Å². The first kappa shape index (κ1) is 6.31. The Morgan fingerprint density at radius 3 is 2.50 bits per heavy atom. The van der Waals surface area contributed by atoms with Crippen LogP contribution in [-0.4, -0.2) is 22.9 Å². The van der Waals surface area contributed by atoms with E-state index >= 15 is 0 Å². The largest absolute Gasteiger partial charge is 0.784 e. The number of carbonyl (C=O) groups is 1. The summed E-state index contributed by atoms with van der Waals surface area (Å²) in [4.78, 5) is 11.0. The molecule has 0 bridgehead atoms. The topological polar surface area (TPSA) is 43.4 Å². The first-order valence-corrected chi connectivity index (χ1v) is 3.74. The summed E-state index contributed by atoms with van der Waals surface area (Å²) in [5, 5.41) is 12.1. The number of hydrogen-bond acceptors (Lipinski definition) is 3. The molecular formula is C7H10NO2-. The summed E-state index contributed by atoms with van der Waals surface area (Å²) in [6.07, 6.45) is 3.12. The third-order valence-corrected chi connectivity index (χ3v) is 2.71. The van der Waals surface area contributed by atoms with Gasteiger partial charge in [0.2, 0.25) is 0 Å². The number of rotatable bonds is 0. The van der Waals surface area contributed by atoms with Crippen LogP contribution in [0.25, 0.3) is 0 Å². The molecular weight excluding hydrogens is 130 g/mol. The molecule has 56 valence electrons. The Bertz CT molecular complexity index is 180. The van der Waals surface area contributed by atoms with Crippen molar-refractivity contribution in [2.24, 2.45) is 0 Å². The summed E-state index contributed by atoms with van der Waals surface area (Å²) in [6, 6.07) is 0. The number of Topliss-reactive ketones (excluding diaryl/α,β-unsaturated/α-hetero) is 1. The Hall–Kier alpha value is -0.410. The molecule has 1 atom stereocenters. The third kappa shape index (κ3) is 0.545. The van der Waals surface area contributed by atoms with Crippen molar-refractivity contribution in [3.63, 3.8) is 0 Å². The summed E-state index contributed by atoms with van der Waals surface area (Å²) in [7, 11) is 0. The minimum atomic E-state index is -0.528. The third-order valence-electron chi connectivity index (χ3n) is 2.71. The fraction of sp³-hybridized carbons (Fsp3) is 0.857. The predicted octanol–water partition coefficient (Wildman–Crippen LogP) is 0.682. The van der Waals surface area contributed by atoms with Gasteiger partial charge in [-0.25, -0.2) is 0 Å². The van der Waals surface area contributed by atoms with Crippen LogP contribution < -0.4 is 0 Å². The molecule has 0 aromatic rings. The van der Waals surface area contributed by atoms with Gasteiger partial charge in [-0.05, 0) is 25.8 Å². The predicted molar refractivity (Wildman–Crippen MR) is 36.3 cm³/mol. The van der Waals surface area contributed by atoms with Crippen LogP contribution in [0.3, 0.4) is 0 Å². The molecule has 1 saturated heterocycles. The molecule has 0 radical (unpaired) electrons. The average Bonchev–Trinajstić information content (AvgIpc) is 2.30. The maximum absolute atomic E-state index is 11.1. The molecule has 1 saturated carbocycles. The van der Waals surface area contributed by atoms with Crippen molar-refractivity contribution in [2.45, 2.75) is 31.2 Å². The van der Waals surface area contributed by atoms with Gasteiger partial charge >= 0.3 is 0 Å². The number of nitrogens with zero attached hydrogens (tertiary/aromatic N) is 1. The van der Waals surface area contributed by atoms with Crippen LogP contribution >= 0.6 is 0 Å². The molecule has 2 aliphatic rings. The Labute approximate surface area is 59.6 Å². The maximum Gasteiger partial charge on any atom is 0.152 e. The molecule has 1 aliphatic carbocycles. The summed E-state index contributed by atoms with van der Waals surface area (Å²) in [5.74, 6) is 0.167. The highest BCUT2D eigenvalue weighted by Crippen LogP contribution is 2.41. The zero-order chi connectivity index (χ0) is 7.19. The Morgan fingerprint density at radius 1 is 1.50 bits per heavy atom. The normalized spacial score (nSPS) is 40.7. The van der Waals surface area contributed by atoms with E-state index in [2.05, 4.69) is 0 Å². The quantitative estimate of drug-likeness (QED) is 0.497. The lowest BCUT2D eigenvalue weighted by Crippen LogP contribution is -2.54. The average molecular weight is 140 g/mol. The van der Waals surface area contributed by atoms with Crippen LogP contribution in [0, 0.1) is 5.21 Å². The van der Waals surface area contributed by atoms with E-state index in [4.69, 9.17) is 0 Å². The van der Waals surface area contributed by atoms with Gasteiger partial charge < -0.3 is 10.3 Å². The van der Waals surface area contributed by atoms with Gasteiger partial charge in [0.25, 0.3) is 0 Å². The van der Waals surface area contributed by atoms with Gasteiger partial charge in [-0.2, -0.15) is 0 Å². The van der Waals surface area contributed by atoms with Gasteiger partial charge in [0.05, 0.1) is 5.54 Å². The molecule has 0 N–H and O–H groups in total. The fourth-order valence-corrected chi connectivity index (χ4v) is 1.90. The van der Waals surface area contributed by atoms with Gasteiger partial charge in [0.15, 0.2) is 5.78 Å². The van der Waals surface area contributed by atoms with Gasteiger partial charge in [-0.15, -0.1) is 0 Å². The highest BCUT2D eigenvalue weighted by molar-refractivity contribution is 5.94. The molecule has 2 rings (SSSR count). The number of carbonyl (C=O) groups excluding carboxylic acids is 1. The van der Waals surface area contributed by atoms with Crippen molar-refractivity contribution in [1.82, 2.24) is 5.06 Å². The van der Waals surface area contributed by atoms with E-state index in [9.17, 15) is 10.0 Å². The molecule has 1 aliphatic heterocycles. The van der Waals surface area contributed by atoms with E-state index in [1.165, 1.54) is 0 Å². The molecule has 0 aromatic heterocycles. The minimum absolute atomic E-state index is 0.167. The summed E-state index contributed by atoms with van der Waals surface area (Å²) in [5.41, 5.74) is -0.528. The van der Waals surface area contributed by atoms with Crippen molar-refractivity contribution >= 4 is 5.78 Å². The van der Waals surface area contributed by atoms with Crippen LogP contribution in [0.5, 0.6) is 0 Å². The molecule has 10 heavy (non-hydrogen) atoms. The highest BCUT2D eigenvalue weighted by atomic mass is 16.5. The van der Waals surface area contributed by atoms with Crippen LogP contribution in [0.2, 0.25) is 0 Å². The molecule has 1 heterocycles. The maximum atomic E-state index is 11.1. The standard InChI is InChI=1S/C7H10NO2/c9-6-2-4-7(6)3-1-5-8(7)10/h1-5H2/q-1. The minimum Gasteiger partial charge on any atom is -0.784 e. The van der Waals surface area contributed by atoms with E-state index in [0.29, 0.717) is 13.0 Å². The summed E-state index contributed by atoms with van der Waals surface area (Å²) >= 11 is 0. The van der Waals surface area contributed by atoms with Crippen molar-refractivity contribution < 1.29 is 4.79 Å². The smallest absolute Gasteiger partial charge is 0.152 e. The lowest BCUT2D eigenvalue weighted by Gasteiger charge is -2.48. The van der Waals surface area contributed by atoms with Crippen molar-refractivity contribution in [3.8, 4) is 0 Å². The summed E-state index contributed by atoms with van der Waals surface area (Å²) < 4.78 is 0. The zero-order valence-electron chi connectivity index (χ0n) is 5.80. The van der Waals surface area contributed by atoms with E-state index in [0.717, 1.165) is 24.3 Å². The van der Waals surface area contributed by atoms with E-state index in [-0.39, 0.29) is 5.78 Å². The Balaban J connectivity index is 2.21. The fourth-order valence-electron chi connectivity index (χ4n) is 1.90. The van der Waals surface area contributed by atoms with Crippen LogP contribution in [0.15, 0.2) is 0 Å². The molecule has 0 amide bonds.